The summed E-state index contributed by atoms with van der Waals surface area (Å²) in [5.41, 5.74) is 2.19. The third kappa shape index (κ3) is 3.98. The van der Waals surface area contributed by atoms with Crippen molar-refractivity contribution in [1.82, 2.24) is 0 Å². The Bertz CT molecular complexity index is 436. The molecule has 0 radical (unpaired) electrons. The van der Waals surface area contributed by atoms with E-state index in [1.54, 1.807) is 7.11 Å². The van der Waals surface area contributed by atoms with E-state index in [0.717, 1.165) is 16.9 Å². The van der Waals surface area contributed by atoms with Gasteiger partial charge in [0, 0.05) is 0 Å². The molecule has 3 heteroatoms. The van der Waals surface area contributed by atoms with Gasteiger partial charge in [-0.3, -0.25) is 4.79 Å². The van der Waals surface area contributed by atoms with Gasteiger partial charge < -0.3 is 9.84 Å². The number of carboxylic acid groups (broad SMARTS) is 1. The van der Waals surface area contributed by atoms with Gasteiger partial charge in [-0.25, -0.2) is 0 Å². The quantitative estimate of drug-likeness (QED) is 0.851. The summed E-state index contributed by atoms with van der Waals surface area (Å²) < 4.78 is 5.35. The van der Waals surface area contributed by atoms with Crippen LogP contribution in [0, 0.1) is 11.8 Å². The Balaban J connectivity index is 3.02. The molecule has 106 valence electrons. The van der Waals surface area contributed by atoms with Crippen LogP contribution in [0.1, 0.15) is 44.7 Å². The number of hydrogen-bond acceptors (Lipinski definition) is 2. The highest BCUT2D eigenvalue weighted by molar-refractivity contribution is 5.70. The van der Waals surface area contributed by atoms with E-state index < -0.39 is 5.97 Å². The highest BCUT2D eigenvalue weighted by Crippen LogP contribution is 2.29. The molecule has 3 nitrogen and oxygen atoms in total. The predicted molar refractivity (Wildman–Crippen MR) is 76.8 cm³/mol. The van der Waals surface area contributed by atoms with Crippen LogP contribution >= 0.6 is 0 Å². The Kier molecular flexibility index (Phi) is 5.40. The van der Waals surface area contributed by atoms with Gasteiger partial charge in [0.15, 0.2) is 0 Å². The third-order valence-electron chi connectivity index (χ3n) is 3.49. The summed E-state index contributed by atoms with van der Waals surface area (Å²) in [7, 11) is 1.66. The molecule has 19 heavy (non-hydrogen) atoms. The molecule has 0 fully saturated rings. The Hall–Kier alpha value is -1.51. The molecule has 0 saturated carbocycles. The summed E-state index contributed by atoms with van der Waals surface area (Å²) >= 11 is 0. The van der Waals surface area contributed by atoms with Gasteiger partial charge in [-0.2, -0.15) is 0 Å². The highest BCUT2D eigenvalue weighted by atomic mass is 16.5. The van der Waals surface area contributed by atoms with Crippen molar-refractivity contribution in [3.8, 4) is 5.75 Å². The number of ether oxygens (including phenoxy) is 1. The van der Waals surface area contributed by atoms with E-state index in [4.69, 9.17) is 4.74 Å². The van der Waals surface area contributed by atoms with Crippen LogP contribution < -0.4 is 4.74 Å². The number of methoxy groups -OCH3 is 1. The van der Waals surface area contributed by atoms with E-state index in [2.05, 4.69) is 19.9 Å². The number of carbonyl (C=O) groups is 1. The molecule has 0 amide bonds. The van der Waals surface area contributed by atoms with Crippen LogP contribution in [0.3, 0.4) is 0 Å². The zero-order chi connectivity index (χ0) is 14.6. The zero-order valence-electron chi connectivity index (χ0n) is 12.4. The highest BCUT2D eigenvalue weighted by Gasteiger charge is 2.22. The fraction of sp³-hybridized carbons (Fsp3) is 0.562. The average Bonchev–Trinajstić information content (AvgIpc) is 2.34. The van der Waals surface area contributed by atoms with Gasteiger partial charge in [0.25, 0.3) is 0 Å². The van der Waals surface area contributed by atoms with E-state index in [0.29, 0.717) is 12.3 Å². The SMILES string of the molecule is COc1ccc(CC(C(=O)O)C(C)C)cc1C(C)C. The molecule has 0 aliphatic rings. The summed E-state index contributed by atoms with van der Waals surface area (Å²) in [6, 6.07) is 5.97. The fourth-order valence-corrected chi connectivity index (χ4v) is 2.22. The van der Waals surface area contributed by atoms with Crippen molar-refractivity contribution in [3.05, 3.63) is 29.3 Å². The van der Waals surface area contributed by atoms with E-state index in [9.17, 15) is 9.90 Å². The Morgan fingerprint density at radius 1 is 1.26 bits per heavy atom. The van der Waals surface area contributed by atoms with E-state index in [-0.39, 0.29) is 11.8 Å². The maximum Gasteiger partial charge on any atom is 0.307 e. The van der Waals surface area contributed by atoms with Crippen molar-refractivity contribution < 1.29 is 14.6 Å². The van der Waals surface area contributed by atoms with Crippen LogP contribution in [0.15, 0.2) is 18.2 Å². The van der Waals surface area contributed by atoms with Gasteiger partial charge in [-0.1, -0.05) is 39.8 Å². The number of aliphatic carboxylic acids is 1. The molecule has 1 N–H and O–H groups in total. The summed E-state index contributed by atoms with van der Waals surface area (Å²) in [6.07, 6.45) is 0.566. The van der Waals surface area contributed by atoms with Crippen LogP contribution in [-0.2, 0) is 11.2 Å². The minimum absolute atomic E-state index is 0.127. The molecular weight excluding hydrogens is 240 g/mol. The van der Waals surface area contributed by atoms with Gasteiger partial charge in [-0.05, 0) is 35.4 Å². The normalized spacial score (nSPS) is 12.8. The first-order valence-electron chi connectivity index (χ1n) is 6.76. The van der Waals surface area contributed by atoms with Crippen molar-refractivity contribution in [1.29, 1.82) is 0 Å². The predicted octanol–water partition coefficient (Wildman–Crippen LogP) is 3.72. The maximum atomic E-state index is 11.3. The molecular formula is C16H24O3. The Labute approximate surface area is 115 Å². The molecule has 0 saturated heterocycles. The number of carboxylic acids is 1. The maximum absolute atomic E-state index is 11.3. The topological polar surface area (TPSA) is 46.5 Å². The lowest BCUT2D eigenvalue weighted by atomic mass is 9.88. The first kappa shape index (κ1) is 15.5. The molecule has 1 unspecified atom stereocenters. The molecule has 1 rings (SSSR count). The molecule has 0 aromatic heterocycles. The molecule has 1 atom stereocenters. The Morgan fingerprint density at radius 3 is 2.32 bits per heavy atom. The lowest BCUT2D eigenvalue weighted by Crippen LogP contribution is -2.22. The van der Waals surface area contributed by atoms with Crippen LogP contribution in [0.5, 0.6) is 5.75 Å². The number of hydrogen-bond donors (Lipinski definition) is 1. The van der Waals surface area contributed by atoms with Gasteiger partial charge in [0.2, 0.25) is 0 Å². The molecule has 0 aliphatic heterocycles. The van der Waals surface area contributed by atoms with Gasteiger partial charge >= 0.3 is 5.97 Å². The fourth-order valence-electron chi connectivity index (χ4n) is 2.22. The van der Waals surface area contributed by atoms with Crippen molar-refractivity contribution in [2.45, 2.75) is 40.0 Å². The molecule has 1 aromatic rings. The first-order chi connectivity index (χ1) is 8.86. The first-order valence-corrected chi connectivity index (χ1v) is 6.76. The standard InChI is InChI=1S/C16H24O3/c1-10(2)13-8-12(6-7-15(13)19-5)9-14(11(3)4)16(17)18/h6-8,10-11,14H,9H2,1-5H3,(H,17,18). The molecule has 0 aliphatic carbocycles. The smallest absolute Gasteiger partial charge is 0.307 e. The molecule has 1 aromatic carbocycles. The number of benzene rings is 1. The van der Waals surface area contributed by atoms with Crippen molar-refractivity contribution in [2.24, 2.45) is 11.8 Å². The molecule has 0 spiro atoms. The lowest BCUT2D eigenvalue weighted by Gasteiger charge is -2.18. The van der Waals surface area contributed by atoms with Gasteiger partial charge in [0.05, 0.1) is 13.0 Å². The number of rotatable bonds is 6. The summed E-state index contributed by atoms with van der Waals surface area (Å²) in [4.78, 5) is 11.3. The minimum atomic E-state index is -0.725. The second-order valence-electron chi connectivity index (χ2n) is 5.62. The second-order valence-corrected chi connectivity index (χ2v) is 5.62. The van der Waals surface area contributed by atoms with Crippen molar-refractivity contribution >= 4 is 5.97 Å². The van der Waals surface area contributed by atoms with Crippen molar-refractivity contribution in [2.75, 3.05) is 7.11 Å². The lowest BCUT2D eigenvalue weighted by molar-refractivity contribution is -0.143. The van der Waals surface area contributed by atoms with Gasteiger partial charge in [-0.15, -0.1) is 0 Å². The minimum Gasteiger partial charge on any atom is -0.496 e. The average molecular weight is 264 g/mol. The van der Waals surface area contributed by atoms with E-state index in [1.165, 1.54) is 0 Å². The monoisotopic (exact) mass is 264 g/mol. The van der Waals surface area contributed by atoms with Crippen molar-refractivity contribution in [3.63, 3.8) is 0 Å². The summed E-state index contributed by atoms with van der Waals surface area (Å²) in [6.45, 7) is 8.12. The summed E-state index contributed by atoms with van der Waals surface area (Å²) in [5.74, 6) is 0.292. The molecule has 0 bridgehead atoms. The van der Waals surface area contributed by atoms with Gasteiger partial charge in [0.1, 0.15) is 5.75 Å². The Morgan fingerprint density at radius 2 is 1.89 bits per heavy atom. The van der Waals surface area contributed by atoms with Crippen LogP contribution in [0.2, 0.25) is 0 Å². The van der Waals surface area contributed by atoms with Crippen LogP contribution in [-0.4, -0.2) is 18.2 Å². The molecule has 0 heterocycles. The largest absolute Gasteiger partial charge is 0.496 e. The third-order valence-corrected chi connectivity index (χ3v) is 3.49. The second kappa shape index (κ2) is 6.60. The van der Waals surface area contributed by atoms with Crippen LogP contribution in [0.4, 0.5) is 0 Å². The zero-order valence-corrected chi connectivity index (χ0v) is 12.4. The van der Waals surface area contributed by atoms with Crippen LogP contribution in [0.25, 0.3) is 0 Å². The summed E-state index contributed by atoms with van der Waals surface area (Å²) in [5, 5.41) is 9.26. The van der Waals surface area contributed by atoms with E-state index >= 15 is 0 Å². The van der Waals surface area contributed by atoms with E-state index in [1.807, 2.05) is 26.0 Å².